The third-order valence-corrected chi connectivity index (χ3v) is 3.18. The highest BCUT2D eigenvalue weighted by atomic mass is 16.3. The summed E-state index contributed by atoms with van der Waals surface area (Å²) in [7, 11) is 0. The van der Waals surface area contributed by atoms with E-state index in [4.69, 9.17) is 0 Å². The molecular formula is C16H10O6. The Bertz CT molecular complexity index is 666. The molecule has 0 heterocycles. The molecule has 0 saturated heterocycles. The lowest BCUT2D eigenvalue weighted by atomic mass is 9.96. The minimum Gasteiger partial charge on any atom is -0.506 e. The monoisotopic (exact) mass is 298 g/mol. The van der Waals surface area contributed by atoms with E-state index in [0.717, 1.165) is 0 Å². The van der Waals surface area contributed by atoms with E-state index >= 15 is 0 Å². The molecule has 0 saturated carbocycles. The number of phenols is 2. The van der Waals surface area contributed by atoms with Crippen LogP contribution in [-0.4, -0.2) is 35.4 Å². The van der Waals surface area contributed by atoms with Crippen molar-refractivity contribution in [3.63, 3.8) is 0 Å². The smallest absolute Gasteiger partial charge is 0.153 e. The molecule has 0 aliphatic heterocycles. The molecule has 0 aliphatic carbocycles. The Labute approximate surface area is 124 Å². The molecule has 0 fully saturated rings. The van der Waals surface area contributed by atoms with Gasteiger partial charge in [0.25, 0.3) is 0 Å². The molecule has 0 radical (unpaired) electrons. The lowest BCUT2D eigenvalue weighted by Gasteiger charge is -2.09. The van der Waals surface area contributed by atoms with Gasteiger partial charge in [0.2, 0.25) is 0 Å². The van der Waals surface area contributed by atoms with Crippen LogP contribution in [0.4, 0.5) is 0 Å². The summed E-state index contributed by atoms with van der Waals surface area (Å²) in [5.41, 5.74) is 0.267. The molecule has 0 amide bonds. The van der Waals surface area contributed by atoms with Crippen LogP contribution < -0.4 is 0 Å². The molecule has 6 nitrogen and oxygen atoms in total. The van der Waals surface area contributed by atoms with Crippen molar-refractivity contribution in [3.8, 4) is 22.6 Å². The Morgan fingerprint density at radius 1 is 0.545 bits per heavy atom. The number of carbonyl (C=O) groups is 4. The topological polar surface area (TPSA) is 109 Å². The highest BCUT2D eigenvalue weighted by Crippen LogP contribution is 2.32. The fraction of sp³-hybridized carbons (Fsp3) is 0. The van der Waals surface area contributed by atoms with Gasteiger partial charge in [-0.2, -0.15) is 0 Å². The summed E-state index contributed by atoms with van der Waals surface area (Å²) in [5, 5.41) is 19.4. The van der Waals surface area contributed by atoms with Gasteiger partial charge in [0.15, 0.2) is 25.1 Å². The van der Waals surface area contributed by atoms with Gasteiger partial charge in [-0.3, -0.25) is 19.2 Å². The molecule has 0 aromatic heterocycles. The van der Waals surface area contributed by atoms with Crippen LogP contribution in [0.5, 0.6) is 11.5 Å². The Morgan fingerprint density at radius 3 is 0.955 bits per heavy atom. The molecule has 0 unspecified atom stereocenters. The quantitative estimate of drug-likeness (QED) is 0.817. The molecule has 0 spiro atoms. The van der Waals surface area contributed by atoms with E-state index < -0.39 is 11.5 Å². The van der Waals surface area contributed by atoms with E-state index in [1.807, 2.05) is 0 Å². The zero-order valence-corrected chi connectivity index (χ0v) is 11.1. The van der Waals surface area contributed by atoms with Crippen LogP contribution in [-0.2, 0) is 0 Å². The van der Waals surface area contributed by atoms with E-state index in [9.17, 15) is 29.4 Å². The van der Waals surface area contributed by atoms with Crippen molar-refractivity contribution >= 4 is 25.1 Å². The maximum absolute atomic E-state index is 11.0. The first-order chi connectivity index (χ1) is 10.5. The highest BCUT2D eigenvalue weighted by Gasteiger charge is 2.14. The minimum absolute atomic E-state index is 0.104. The lowest BCUT2D eigenvalue weighted by molar-refractivity contribution is 0.110. The van der Waals surface area contributed by atoms with E-state index in [-0.39, 0.29) is 22.3 Å². The number of aldehydes is 4. The van der Waals surface area contributed by atoms with Gasteiger partial charge in [0, 0.05) is 0 Å². The number of phenolic OH excluding ortho intramolecular Hbond substituents is 2. The Morgan fingerprint density at radius 2 is 0.773 bits per heavy atom. The second-order valence-corrected chi connectivity index (χ2v) is 4.48. The number of rotatable bonds is 5. The summed E-state index contributed by atoms with van der Waals surface area (Å²) < 4.78 is 0. The minimum atomic E-state index is -0.446. The van der Waals surface area contributed by atoms with E-state index in [0.29, 0.717) is 36.3 Å². The number of benzene rings is 2. The number of hydrogen-bond acceptors (Lipinski definition) is 6. The molecule has 6 heteroatoms. The molecule has 0 aliphatic rings. The highest BCUT2D eigenvalue weighted by molar-refractivity contribution is 5.95. The van der Waals surface area contributed by atoms with Gasteiger partial charge in [-0.25, -0.2) is 0 Å². The summed E-state index contributed by atoms with van der Waals surface area (Å²) in [5.74, 6) is -0.891. The summed E-state index contributed by atoms with van der Waals surface area (Å²) in [4.78, 5) is 43.8. The lowest BCUT2D eigenvalue weighted by Crippen LogP contribution is -1.94. The molecule has 2 rings (SSSR count). The molecule has 2 N–H and O–H groups in total. The summed E-state index contributed by atoms with van der Waals surface area (Å²) >= 11 is 0. The maximum Gasteiger partial charge on any atom is 0.153 e. The van der Waals surface area contributed by atoms with Gasteiger partial charge < -0.3 is 10.2 Å². The first kappa shape index (κ1) is 15.1. The summed E-state index contributed by atoms with van der Waals surface area (Å²) in [6.07, 6.45) is 1.53. The van der Waals surface area contributed by atoms with Gasteiger partial charge in [-0.15, -0.1) is 0 Å². The molecule has 110 valence electrons. The predicted octanol–water partition coefficient (Wildman–Crippen LogP) is 2.01. The molecule has 2 aromatic rings. The average molecular weight is 298 g/mol. The van der Waals surface area contributed by atoms with Crippen molar-refractivity contribution in [3.05, 3.63) is 46.5 Å². The normalized spacial score (nSPS) is 10.0. The van der Waals surface area contributed by atoms with E-state index in [2.05, 4.69) is 0 Å². The van der Waals surface area contributed by atoms with Crippen LogP contribution in [0.1, 0.15) is 41.4 Å². The Hall–Kier alpha value is -3.28. The standard InChI is InChI=1S/C16H10O6/c17-5-11-1-9(2-12(6-18)15(11)21)10-3-13(7-19)16(22)14(4-10)8-20/h1-8,21-22H. The van der Waals surface area contributed by atoms with Crippen molar-refractivity contribution < 1.29 is 29.4 Å². The second kappa shape index (κ2) is 6.01. The predicted molar refractivity (Wildman–Crippen MR) is 76.8 cm³/mol. The number of carbonyl (C=O) groups excluding carboxylic acids is 4. The zero-order chi connectivity index (χ0) is 16.3. The van der Waals surface area contributed by atoms with E-state index in [1.54, 1.807) is 0 Å². The van der Waals surface area contributed by atoms with Crippen LogP contribution in [0.25, 0.3) is 11.1 Å². The SMILES string of the molecule is O=Cc1cc(-c2cc(C=O)c(O)c(C=O)c2)cc(C=O)c1O. The first-order valence-corrected chi connectivity index (χ1v) is 6.10. The van der Waals surface area contributed by atoms with Crippen molar-refractivity contribution in [1.82, 2.24) is 0 Å². The van der Waals surface area contributed by atoms with Gasteiger partial charge >= 0.3 is 0 Å². The number of hydrogen-bond donors (Lipinski definition) is 2. The van der Waals surface area contributed by atoms with Crippen LogP contribution in [0.15, 0.2) is 24.3 Å². The molecular weight excluding hydrogens is 288 g/mol. The third-order valence-electron chi connectivity index (χ3n) is 3.18. The van der Waals surface area contributed by atoms with Gasteiger partial charge in [-0.1, -0.05) is 0 Å². The summed E-state index contributed by atoms with van der Waals surface area (Å²) in [6, 6.07) is 5.24. The number of aromatic hydroxyl groups is 2. The Kier molecular flexibility index (Phi) is 4.13. The first-order valence-electron chi connectivity index (χ1n) is 6.10. The van der Waals surface area contributed by atoms with Gasteiger partial charge in [0.05, 0.1) is 22.3 Å². The van der Waals surface area contributed by atoms with Crippen LogP contribution in [0, 0.1) is 0 Å². The zero-order valence-electron chi connectivity index (χ0n) is 11.1. The van der Waals surface area contributed by atoms with E-state index in [1.165, 1.54) is 24.3 Å². The van der Waals surface area contributed by atoms with Crippen molar-refractivity contribution in [1.29, 1.82) is 0 Å². The molecule has 0 atom stereocenters. The van der Waals surface area contributed by atoms with Crippen LogP contribution in [0.2, 0.25) is 0 Å². The molecule has 22 heavy (non-hydrogen) atoms. The van der Waals surface area contributed by atoms with Crippen LogP contribution >= 0.6 is 0 Å². The largest absolute Gasteiger partial charge is 0.506 e. The Balaban J connectivity index is 2.76. The fourth-order valence-corrected chi connectivity index (χ4v) is 2.05. The van der Waals surface area contributed by atoms with Crippen molar-refractivity contribution in [2.45, 2.75) is 0 Å². The fourth-order valence-electron chi connectivity index (χ4n) is 2.05. The van der Waals surface area contributed by atoms with Crippen LogP contribution in [0.3, 0.4) is 0 Å². The molecule has 0 bridgehead atoms. The summed E-state index contributed by atoms with van der Waals surface area (Å²) in [6.45, 7) is 0. The maximum atomic E-state index is 11.0. The van der Waals surface area contributed by atoms with Gasteiger partial charge in [0.1, 0.15) is 11.5 Å². The van der Waals surface area contributed by atoms with Crippen molar-refractivity contribution in [2.24, 2.45) is 0 Å². The third kappa shape index (κ3) is 2.49. The van der Waals surface area contributed by atoms with Gasteiger partial charge in [-0.05, 0) is 35.4 Å². The molecule has 2 aromatic carbocycles. The van der Waals surface area contributed by atoms with Crippen molar-refractivity contribution in [2.75, 3.05) is 0 Å². The average Bonchev–Trinajstić information content (AvgIpc) is 2.55. The second-order valence-electron chi connectivity index (χ2n) is 4.48.